The normalized spacial score (nSPS) is 12.8. The third kappa shape index (κ3) is 75.4. The summed E-state index contributed by atoms with van der Waals surface area (Å²) < 4.78 is 155. The summed E-state index contributed by atoms with van der Waals surface area (Å²) in [6.07, 6.45) is 0. The maximum Gasteiger partial charge on any atom is 0.481 e. The quantitative estimate of drug-likeness (QED) is 0.0443. The fraction of sp³-hybridized carbons (Fsp3) is 1.00. The Morgan fingerprint density at radius 1 is 0.198 bits per heavy atom. The highest BCUT2D eigenvalue weighted by molar-refractivity contribution is 7.60. The molecule has 0 spiro atoms. The molecule has 0 radical (unpaired) electrons. The van der Waals surface area contributed by atoms with Gasteiger partial charge in [0, 0.05) is 6.54 Å². The lowest BCUT2D eigenvalue weighted by Gasteiger charge is -2.12. The SMILES string of the molecule is NCCOCCOCCOCCOCCOCCOCCOCCOCCOCCOCCOCCOCCOCCOCCOCCOCCOCCOCCOCCOCCOCCOCCOCCOP(=O)(O)OP(=O)(O)O. The van der Waals surface area contributed by atoms with Gasteiger partial charge in [0.05, 0.1) is 311 Å². The van der Waals surface area contributed by atoms with Gasteiger partial charge in [-0.2, -0.15) is 4.31 Å². The second-order valence-electron chi connectivity index (χ2n) is 15.7. The van der Waals surface area contributed by atoms with E-state index in [1.165, 1.54) is 0 Å². The first-order chi connectivity index (χ1) is 39.8. The van der Waals surface area contributed by atoms with Crippen LogP contribution in [0.25, 0.3) is 0 Å². The van der Waals surface area contributed by atoms with Gasteiger partial charge in [-0.1, -0.05) is 0 Å². The molecule has 0 aliphatic rings. The molecule has 0 heterocycles. The van der Waals surface area contributed by atoms with Crippen LogP contribution in [0.2, 0.25) is 0 Å². The van der Waals surface area contributed by atoms with E-state index in [1.54, 1.807) is 0 Å². The van der Waals surface area contributed by atoms with Crippen molar-refractivity contribution in [2.24, 2.45) is 5.73 Å². The van der Waals surface area contributed by atoms with Gasteiger partial charge in [0.2, 0.25) is 0 Å². The van der Waals surface area contributed by atoms with Crippen LogP contribution in [0.5, 0.6) is 0 Å². The van der Waals surface area contributed by atoms with E-state index in [-0.39, 0.29) is 19.8 Å². The predicted octanol–water partition coefficient (Wildman–Crippen LogP) is -0.447. The Labute approximate surface area is 479 Å². The average molecular weight is 1230 g/mol. The van der Waals surface area contributed by atoms with Crippen LogP contribution in [0.4, 0.5) is 0 Å². The third-order valence-electron chi connectivity index (χ3n) is 9.14. The third-order valence-corrected chi connectivity index (χ3v) is 11.3. The minimum absolute atomic E-state index is 0.107. The molecule has 1 unspecified atom stereocenters. The zero-order valence-corrected chi connectivity index (χ0v) is 49.6. The number of rotatable bonds is 74. The van der Waals surface area contributed by atoms with Gasteiger partial charge in [-0.3, -0.25) is 4.52 Å². The van der Waals surface area contributed by atoms with Crippen molar-refractivity contribution >= 4 is 15.6 Å². The summed E-state index contributed by atoms with van der Waals surface area (Å²) in [7, 11) is -10.0. The molecule has 0 saturated heterocycles. The highest BCUT2D eigenvalue weighted by atomic mass is 31.3. The maximum atomic E-state index is 11.3. The van der Waals surface area contributed by atoms with Gasteiger partial charge in [0.1, 0.15) is 0 Å². The van der Waals surface area contributed by atoms with Crippen molar-refractivity contribution in [1.82, 2.24) is 0 Å². The number of phosphoric acid groups is 2. The molecule has 31 nitrogen and oxygen atoms in total. The Bertz CT molecular complexity index is 1290. The fourth-order valence-electron chi connectivity index (χ4n) is 5.39. The molecule has 0 bridgehead atoms. The van der Waals surface area contributed by atoms with Crippen molar-refractivity contribution in [2.75, 3.05) is 317 Å². The van der Waals surface area contributed by atoms with Gasteiger partial charge in [0.15, 0.2) is 0 Å². The molecule has 1 atom stereocenters. The Balaban J connectivity index is 3.11. The molecule has 33 heteroatoms. The van der Waals surface area contributed by atoms with Crippen molar-refractivity contribution in [3.8, 4) is 0 Å². The molecule has 0 aliphatic heterocycles. The number of hydrogen-bond donors (Lipinski definition) is 4. The summed E-state index contributed by atoms with van der Waals surface area (Å²) in [6, 6.07) is 0. The summed E-state index contributed by atoms with van der Waals surface area (Å²) in [6.45, 7) is 20.6. The van der Waals surface area contributed by atoms with E-state index in [0.717, 1.165) is 0 Å². The first-order valence-corrected chi connectivity index (χ1v) is 30.5. The molecule has 0 rings (SSSR count). The summed E-state index contributed by atoms with van der Waals surface area (Å²) >= 11 is 0. The van der Waals surface area contributed by atoms with Crippen molar-refractivity contribution < 1.29 is 142 Å². The molecule has 488 valence electrons. The van der Waals surface area contributed by atoms with Crippen LogP contribution >= 0.6 is 15.6 Å². The van der Waals surface area contributed by atoms with Gasteiger partial charge in [-0.05, 0) is 0 Å². The van der Waals surface area contributed by atoms with E-state index in [2.05, 4.69) is 8.83 Å². The van der Waals surface area contributed by atoms with Crippen molar-refractivity contribution in [3.63, 3.8) is 0 Å². The van der Waals surface area contributed by atoms with Crippen LogP contribution in [0.15, 0.2) is 0 Å². The standard InChI is InChI=1S/C48H101NO30P2/c49-1-2-55-3-4-56-5-6-57-7-8-58-9-10-59-11-12-60-13-14-61-15-16-62-17-18-63-19-20-64-21-22-65-23-24-66-25-26-67-27-28-68-29-30-69-31-32-70-33-34-71-35-36-72-37-38-73-39-40-74-41-42-75-43-44-76-45-46-77-47-48-78-81(53,54)79-80(50,51)52/h1-49H2,(H,53,54)(H2,50,51,52). The Kier molecular flexibility index (Phi) is 67.8. The molecule has 0 amide bonds. The Morgan fingerprint density at radius 3 is 0.420 bits per heavy atom. The molecule has 0 fully saturated rings. The van der Waals surface area contributed by atoms with E-state index < -0.39 is 22.3 Å². The molecule has 0 aromatic rings. The minimum Gasteiger partial charge on any atom is -0.378 e. The second kappa shape index (κ2) is 68.4. The van der Waals surface area contributed by atoms with E-state index in [9.17, 15) is 9.13 Å². The van der Waals surface area contributed by atoms with Crippen LogP contribution in [-0.4, -0.2) is 332 Å². The lowest BCUT2D eigenvalue weighted by Crippen LogP contribution is -2.16. The summed E-state index contributed by atoms with van der Waals surface area (Å²) in [5, 5.41) is 0. The van der Waals surface area contributed by atoms with Crippen molar-refractivity contribution in [3.05, 3.63) is 0 Å². The van der Waals surface area contributed by atoms with Crippen LogP contribution in [-0.2, 0) is 127 Å². The van der Waals surface area contributed by atoms with E-state index >= 15 is 0 Å². The summed E-state index contributed by atoms with van der Waals surface area (Å²) in [5.41, 5.74) is 5.34. The molecule has 0 aliphatic carbocycles. The summed E-state index contributed by atoms with van der Waals surface area (Å²) in [5.74, 6) is 0. The minimum atomic E-state index is -5.15. The van der Waals surface area contributed by atoms with Crippen LogP contribution < -0.4 is 5.73 Å². The van der Waals surface area contributed by atoms with Crippen LogP contribution in [0.1, 0.15) is 0 Å². The Morgan fingerprint density at radius 2 is 0.309 bits per heavy atom. The monoisotopic (exact) mass is 1230 g/mol. The fourth-order valence-corrected chi connectivity index (χ4v) is 6.96. The van der Waals surface area contributed by atoms with Gasteiger partial charge in [-0.25, -0.2) is 9.13 Å². The first kappa shape index (κ1) is 80.3. The molecular formula is C48H101NO30P2. The van der Waals surface area contributed by atoms with E-state index in [1.807, 2.05) is 0 Å². The second-order valence-corrected chi connectivity index (χ2v) is 18.6. The zero-order valence-electron chi connectivity index (χ0n) is 47.8. The van der Waals surface area contributed by atoms with Crippen molar-refractivity contribution in [2.45, 2.75) is 0 Å². The van der Waals surface area contributed by atoms with Gasteiger partial charge in [-0.15, -0.1) is 0 Å². The Hall–Kier alpha value is -0.700. The molecule has 0 aromatic heterocycles. The van der Waals surface area contributed by atoms with E-state index in [0.29, 0.717) is 291 Å². The molecule has 0 saturated carbocycles. The van der Waals surface area contributed by atoms with Crippen LogP contribution in [0.3, 0.4) is 0 Å². The largest absolute Gasteiger partial charge is 0.481 e. The zero-order chi connectivity index (χ0) is 58.6. The highest BCUT2D eigenvalue weighted by Gasteiger charge is 2.32. The average Bonchev–Trinajstić information content (AvgIpc) is 3.44. The number of nitrogens with two attached hydrogens (primary N) is 1. The smallest absolute Gasteiger partial charge is 0.378 e. The van der Waals surface area contributed by atoms with Crippen LogP contribution in [0, 0.1) is 0 Å². The molecule has 0 aromatic carbocycles. The molecule has 81 heavy (non-hydrogen) atoms. The van der Waals surface area contributed by atoms with Gasteiger partial charge < -0.3 is 129 Å². The topological polar surface area (TPSA) is 352 Å². The lowest BCUT2D eigenvalue weighted by atomic mass is 10.6. The number of ether oxygens (including phenoxy) is 23. The van der Waals surface area contributed by atoms with Gasteiger partial charge in [0.25, 0.3) is 0 Å². The number of hydrogen-bond acceptors (Lipinski definition) is 28. The van der Waals surface area contributed by atoms with Crippen molar-refractivity contribution in [1.29, 1.82) is 0 Å². The summed E-state index contributed by atoms with van der Waals surface area (Å²) in [4.78, 5) is 26.1. The lowest BCUT2D eigenvalue weighted by molar-refractivity contribution is -0.0319. The first-order valence-electron chi connectivity index (χ1n) is 27.5. The predicted molar refractivity (Wildman–Crippen MR) is 287 cm³/mol. The molecular weight excluding hydrogens is 1130 g/mol. The molecule has 5 N–H and O–H groups in total. The highest BCUT2D eigenvalue weighted by Crippen LogP contribution is 2.57. The van der Waals surface area contributed by atoms with E-state index in [4.69, 9.17) is 129 Å². The maximum absolute atomic E-state index is 11.3. The number of phosphoric ester groups is 1. The van der Waals surface area contributed by atoms with Gasteiger partial charge >= 0.3 is 15.6 Å².